The van der Waals surface area contributed by atoms with Crippen LogP contribution in [-0.4, -0.2) is 40.5 Å². The summed E-state index contributed by atoms with van der Waals surface area (Å²) in [6.45, 7) is 3.83. The lowest BCUT2D eigenvalue weighted by molar-refractivity contribution is 0.0688. The first-order valence-corrected chi connectivity index (χ1v) is 10.3. The maximum atomic E-state index is 12.9. The molecule has 0 spiro atoms. The molecule has 0 aliphatic heterocycles. The molecule has 9 heteroatoms. The summed E-state index contributed by atoms with van der Waals surface area (Å²) in [6, 6.07) is 15.6. The predicted molar refractivity (Wildman–Crippen MR) is 124 cm³/mol. The Balaban J connectivity index is 1.87. The number of carboxylic acid groups (broad SMARTS) is 2. The molecule has 0 aliphatic carbocycles. The van der Waals surface area contributed by atoms with E-state index in [0.717, 1.165) is 17.7 Å². The fraction of sp³-hybridized carbons (Fsp3) is 0.120. The monoisotopic (exact) mass is 462 g/mol. The van der Waals surface area contributed by atoms with Crippen LogP contribution in [0, 0.1) is 6.92 Å². The highest BCUT2D eigenvalue weighted by Crippen LogP contribution is 2.24. The van der Waals surface area contributed by atoms with E-state index in [-0.39, 0.29) is 17.7 Å². The van der Waals surface area contributed by atoms with Crippen molar-refractivity contribution in [3.8, 4) is 11.5 Å². The first kappa shape index (κ1) is 24.0. The highest BCUT2D eigenvalue weighted by molar-refractivity contribution is 6.14. The minimum absolute atomic E-state index is 0.219. The van der Waals surface area contributed by atoms with Gasteiger partial charge in [0.25, 0.3) is 11.8 Å². The Labute approximate surface area is 195 Å². The van der Waals surface area contributed by atoms with E-state index in [0.29, 0.717) is 17.2 Å². The number of carboxylic acids is 2. The van der Waals surface area contributed by atoms with Gasteiger partial charge in [0.2, 0.25) is 0 Å². The summed E-state index contributed by atoms with van der Waals surface area (Å²) in [4.78, 5) is 48.5. The molecule has 0 aliphatic rings. The number of anilines is 1. The average Bonchev–Trinajstić information content (AvgIpc) is 2.81. The van der Waals surface area contributed by atoms with E-state index < -0.39 is 34.9 Å². The maximum absolute atomic E-state index is 12.9. The van der Waals surface area contributed by atoms with Crippen molar-refractivity contribution in [1.82, 2.24) is 5.32 Å². The van der Waals surface area contributed by atoms with Gasteiger partial charge in [-0.25, -0.2) is 9.59 Å². The van der Waals surface area contributed by atoms with Crippen LogP contribution in [0.2, 0.25) is 0 Å². The molecule has 9 nitrogen and oxygen atoms in total. The minimum atomic E-state index is -1.50. The maximum Gasteiger partial charge on any atom is 0.336 e. The third-order valence-corrected chi connectivity index (χ3v) is 4.81. The zero-order valence-electron chi connectivity index (χ0n) is 18.4. The summed E-state index contributed by atoms with van der Waals surface area (Å²) in [6.07, 6.45) is 0. The molecule has 3 aromatic rings. The number of aromatic carboxylic acids is 2. The molecule has 0 heterocycles. The van der Waals surface area contributed by atoms with Crippen LogP contribution in [-0.2, 0) is 0 Å². The van der Waals surface area contributed by atoms with E-state index in [9.17, 15) is 29.4 Å². The van der Waals surface area contributed by atoms with Crippen LogP contribution in [0.4, 0.5) is 5.69 Å². The molecule has 4 N–H and O–H groups in total. The molecule has 0 atom stereocenters. The molecule has 2 amide bonds. The number of aryl methyl sites for hydroxylation is 1. The van der Waals surface area contributed by atoms with Crippen LogP contribution in [0.1, 0.15) is 53.9 Å². The number of hydrogen-bond acceptors (Lipinski definition) is 5. The van der Waals surface area contributed by atoms with Gasteiger partial charge in [-0.15, -0.1) is 0 Å². The highest BCUT2D eigenvalue weighted by Gasteiger charge is 2.25. The van der Waals surface area contributed by atoms with Crippen LogP contribution in [0.3, 0.4) is 0 Å². The van der Waals surface area contributed by atoms with E-state index in [1.165, 1.54) is 0 Å². The van der Waals surface area contributed by atoms with Crippen LogP contribution in [0.5, 0.6) is 11.5 Å². The minimum Gasteiger partial charge on any atom is -0.478 e. The SMILES string of the molecule is CCNC(=O)c1cc(C(=O)Nc2ccc(Oc3ccc(C)cc3)cc2)c(C(=O)O)cc1C(=O)O. The molecule has 34 heavy (non-hydrogen) atoms. The van der Waals surface area contributed by atoms with Crippen molar-refractivity contribution in [1.29, 1.82) is 0 Å². The lowest BCUT2D eigenvalue weighted by Gasteiger charge is -2.13. The van der Waals surface area contributed by atoms with Gasteiger partial charge in [0.05, 0.1) is 22.3 Å². The fourth-order valence-corrected chi connectivity index (χ4v) is 3.13. The molecule has 174 valence electrons. The number of hydrogen-bond donors (Lipinski definition) is 4. The Bertz CT molecular complexity index is 1250. The quantitative estimate of drug-likeness (QED) is 0.393. The van der Waals surface area contributed by atoms with E-state index >= 15 is 0 Å². The van der Waals surface area contributed by atoms with Gasteiger partial charge in [-0.05, 0) is 62.4 Å². The summed E-state index contributed by atoms with van der Waals surface area (Å²) in [5, 5.41) is 24.0. The second kappa shape index (κ2) is 10.3. The second-order valence-corrected chi connectivity index (χ2v) is 7.31. The van der Waals surface area contributed by atoms with Gasteiger partial charge < -0.3 is 25.6 Å². The van der Waals surface area contributed by atoms with Crippen molar-refractivity contribution < 1.29 is 34.1 Å². The topological polar surface area (TPSA) is 142 Å². The number of ether oxygens (including phenoxy) is 1. The fourth-order valence-electron chi connectivity index (χ4n) is 3.13. The standard InChI is InChI=1S/C25H22N2O7/c1-3-26-22(28)18-12-19(21(25(32)33)13-20(18)24(30)31)23(29)27-15-6-10-17(11-7-15)34-16-8-4-14(2)5-9-16/h4-13H,3H2,1-2H3,(H,26,28)(H,27,29)(H,30,31)(H,32,33). The third-order valence-electron chi connectivity index (χ3n) is 4.81. The van der Waals surface area contributed by atoms with Crippen LogP contribution >= 0.6 is 0 Å². The average molecular weight is 462 g/mol. The Morgan fingerprint density at radius 2 is 1.21 bits per heavy atom. The largest absolute Gasteiger partial charge is 0.478 e. The normalized spacial score (nSPS) is 10.3. The number of nitrogens with one attached hydrogen (secondary N) is 2. The molecule has 3 rings (SSSR count). The Kier molecular flexibility index (Phi) is 7.27. The summed E-state index contributed by atoms with van der Waals surface area (Å²) in [5.74, 6) is -3.37. The molecule has 0 radical (unpaired) electrons. The Morgan fingerprint density at radius 3 is 1.71 bits per heavy atom. The summed E-state index contributed by atoms with van der Waals surface area (Å²) in [7, 11) is 0. The van der Waals surface area contributed by atoms with Crippen molar-refractivity contribution in [3.05, 3.63) is 88.5 Å². The number of carbonyl (C=O) groups is 4. The van der Waals surface area contributed by atoms with Gasteiger partial charge in [0.15, 0.2) is 0 Å². The van der Waals surface area contributed by atoms with Gasteiger partial charge in [-0.1, -0.05) is 17.7 Å². The zero-order valence-corrected chi connectivity index (χ0v) is 18.4. The van der Waals surface area contributed by atoms with Crippen molar-refractivity contribution in [3.63, 3.8) is 0 Å². The van der Waals surface area contributed by atoms with Gasteiger partial charge in [-0.2, -0.15) is 0 Å². The molecule has 3 aromatic carbocycles. The molecular formula is C25H22N2O7. The predicted octanol–water partition coefficient (Wildman–Crippen LogP) is 4.19. The molecule has 0 bridgehead atoms. The van der Waals surface area contributed by atoms with E-state index in [1.807, 2.05) is 31.2 Å². The van der Waals surface area contributed by atoms with Crippen LogP contribution in [0.15, 0.2) is 60.7 Å². The smallest absolute Gasteiger partial charge is 0.336 e. The van der Waals surface area contributed by atoms with E-state index in [2.05, 4.69) is 10.6 Å². The van der Waals surface area contributed by atoms with Crippen molar-refractivity contribution in [2.24, 2.45) is 0 Å². The Morgan fingerprint density at radius 1 is 0.735 bits per heavy atom. The first-order valence-electron chi connectivity index (χ1n) is 10.3. The zero-order chi connectivity index (χ0) is 24.8. The van der Waals surface area contributed by atoms with Crippen molar-refractivity contribution in [2.75, 3.05) is 11.9 Å². The lowest BCUT2D eigenvalue weighted by atomic mass is 9.97. The molecule has 0 saturated carbocycles. The number of rotatable bonds is 8. The van der Waals surface area contributed by atoms with Gasteiger partial charge >= 0.3 is 11.9 Å². The first-order chi connectivity index (χ1) is 16.2. The van der Waals surface area contributed by atoms with E-state index in [1.54, 1.807) is 31.2 Å². The lowest BCUT2D eigenvalue weighted by Crippen LogP contribution is -2.27. The van der Waals surface area contributed by atoms with Gasteiger partial charge in [0.1, 0.15) is 11.5 Å². The number of benzene rings is 3. The summed E-state index contributed by atoms with van der Waals surface area (Å²) < 4.78 is 5.74. The second-order valence-electron chi connectivity index (χ2n) is 7.31. The number of carbonyl (C=O) groups excluding carboxylic acids is 2. The van der Waals surface area contributed by atoms with Crippen molar-refractivity contribution in [2.45, 2.75) is 13.8 Å². The third kappa shape index (κ3) is 5.57. The van der Waals surface area contributed by atoms with Gasteiger partial charge in [-0.3, -0.25) is 9.59 Å². The molecule has 0 saturated heterocycles. The molecule has 0 unspecified atom stereocenters. The summed E-state index contributed by atoms with van der Waals surface area (Å²) >= 11 is 0. The molecule has 0 fully saturated rings. The van der Waals surface area contributed by atoms with Gasteiger partial charge in [0, 0.05) is 12.2 Å². The number of amides is 2. The van der Waals surface area contributed by atoms with E-state index in [4.69, 9.17) is 4.74 Å². The molecular weight excluding hydrogens is 440 g/mol. The van der Waals surface area contributed by atoms with Crippen LogP contribution < -0.4 is 15.4 Å². The molecule has 0 aromatic heterocycles. The Hall–Kier alpha value is -4.66. The van der Waals surface area contributed by atoms with Crippen molar-refractivity contribution >= 4 is 29.4 Å². The highest BCUT2D eigenvalue weighted by atomic mass is 16.5. The van der Waals surface area contributed by atoms with Crippen LogP contribution in [0.25, 0.3) is 0 Å². The summed E-state index contributed by atoms with van der Waals surface area (Å²) in [5.41, 5.74) is -0.276.